The first kappa shape index (κ1) is 22.9. The molecule has 30 heavy (non-hydrogen) atoms. The predicted molar refractivity (Wildman–Crippen MR) is 114 cm³/mol. The third-order valence-corrected chi connectivity index (χ3v) is 4.34. The summed E-state index contributed by atoms with van der Waals surface area (Å²) < 4.78 is 5.22. The van der Waals surface area contributed by atoms with Crippen molar-refractivity contribution >= 4 is 23.7 Å². The highest BCUT2D eigenvalue weighted by Gasteiger charge is 2.28. The number of hydrogen-bond donors (Lipinski definition) is 2. The molecule has 2 amide bonds. The van der Waals surface area contributed by atoms with Gasteiger partial charge in [0.1, 0.15) is 5.60 Å². The maximum atomic E-state index is 12.4. The first-order chi connectivity index (χ1) is 14.1. The molecule has 0 saturated heterocycles. The van der Waals surface area contributed by atoms with Gasteiger partial charge < -0.3 is 14.7 Å². The van der Waals surface area contributed by atoms with Crippen LogP contribution in [0.4, 0.5) is 10.5 Å². The van der Waals surface area contributed by atoms with Crippen molar-refractivity contribution in [3.05, 3.63) is 65.7 Å². The van der Waals surface area contributed by atoms with Gasteiger partial charge in [0.05, 0.1) is 6.04 Å². The van der Waals surface area contributed by atoms with Crippen molar-refractivity contribution in [2.75, 3.05) is 5.32 Å². The SMILES string of the molecule is CCC(c1ccccc1)N(Cc1ccc(NC(=O)OC(C)(C)C)cc1)C(=O)C(=O)O. The highest BCUT2D eigenvalue weighted by molar-refractivity contribution is 6.31. The molecule has 160 valence electrons. The summed E-state index contributed by atoms with van der Waals surface area (Å²) in [5, 5.41) is 11.9. The topological polar surface area (TPSA) is 95.9 Å². The van der Waals surface area contributed by atoms with Gasteiger partial charge in [-0.1, -0.05) is 49.4 Å². The van der Waals surface area contributed by atoms with Crippen LogP contribution in [0.3, 0.4) is 0 Å². The minimum Gasteiger partial charge on any atom is -0.474 e. The van der Waals surface area contributed by atoms with Crippen LogP contribution in [0.1, 0.15) is 51.3 Å². The molecule has 2 aromatic rings. The van der Waals surface area contributed by atoms with E-state index < -0.39 is 23.6 Å². The van der Waals surface area contributed by atoms with Crippen molar-refractivity contribution in [3.63, 3.8) is 0 Å². The minimum absolute atomic E-state index is 0.130. The van der Waals surface area contributed by atoms with E-state index in [-0.39, 0.29) is 12.6 Å². The van der Waals surface area contributed by atoms with E-state index in [0.29, 0.717) is 12.1 Å². The van der Waals surface area contributed by atoms with Gasteiger partial charge >= 0.3 is 18.0 Å². The van der Waals surface area contributed by atoms with Crippen LogP contribution in [0.5, 0.6) is 0 Å². The Morgan fingerprint density at radius 3 is 2.13 bits per heavy atom. The fraction of sp³-hybridized carbons (Fsp3) is 0.348. The molecule has 0 bridgehead atoms. The molecular weight excluding hydrogens is 384 g/mol. The molecule has 2 rings (SSSR count). The number of carbonyl (C=O) groups is 3. The largest absolute Gasteiger partial charge is 0.474 e. The predicted octanol–water partition coefficient (Wildman–Crippen LogP) is 4.60. The molecule has 0 fully saturated rings. The number of nitrogens with zero attached hydrogens (tertiary/aromatic N) is 1. The van der Waals surface area contributed by atoms with Crippen molar-refractivity contribution in [2.24, 2.45) is 0 Å². The Morgan fingerprint density at radius 2 is 1.63 bits per heavy atom. The average Bonchev–Trinajstić information content (AvgIpc) is 2.68. The maximum Gasteiger partial charge on any atom is 0.412 e. The van der Waals surface area contributed by atoms with Crippen LogP contribution in [-0.4, -0.2) is 33.6 Å². The van der Waals surface area contributed by atoms with Crippen molar-refractivity contribution < 1.29 is 24.2 Å². The Hall–Kier alpha value is -3.35. The molecule has 0 radical (unpaired) electrons. The lowest BCUT2D eigenvalue weighted by atomic mass is 10.0. The van der Waals surface area contributed by atoms with Gasteiger partial charge in [-0.05, 0) is 50.5 Å². The summed E-state index contributed by atoms with van der Waals surface area (Å²) in [7, 11) is 0. The summed E-state index contributed by atoms with van der Waals surface area (Å²) in [5.74, 6) is -2.45. The van der Waals surface area contributed by atoms with Gasteiger partial charge in [-0.2, -0.15) is 0 Å². The Kier molecular flexibility index (Phi) is 7.58. The first-order valence-corrected chi connectivity index (χ1v) is 9.78. The van der Waals surface area contributed by atoms with Crippen LogP contribution in [0.15, 0.2) is 54.6 Å². The van der Waals surface area contributed by atoms with E-state index in [2.05, 4.69) is 5.32 Å². The highest BCUT2D eigenvalue weighted by atomic mass is 16.6. The van der Waals surface area contributed by atoms with E-state index in [1.54, 1.807) is 45.0 Å². The van der Waals surface area contributed by atoms with Crippen molar-refractivity contribution in [1.82, 2.24) is 4.90 Å². The molecule has 2 N–H and O–H groups in total. The van der Waals surface area contributed by atoms with Gasteiger partial charge in [-0.15, -0.1) is 0 Å². The molecule has 0 aliphatic rings. The Morgan fingerprint density at radius 1 is 1.03 bits per heavy atom. The number of amides is 2. The second kappa shape index (κ2) is 9.91. The number of carbonyl (C=O) groups excluding carboxylic acids is 2. The Bertz CT molecular complexity index is 873. The van der Waals surface area contributed by atoms with Crippen molar-refractivity contribution in [2.45, 2.75) is 52.3 Å². The second-order valence-electron chi connectivity index (χ2n) is 7.90. The quantitative estimate of drug-likeness (QED) is 0.676. The lowest BCUT2D eigenvalue weighted by molar-refractivity contribution is -0.157. The number of ether oxygens (including phenoxy) is 1. The van der Waals surface area contributed by atoms with Crippen molar-refractivity contribution in [1.29, 1.82) is 0 Å². The third kappa shape index (κ3) is 6.62. The average molecular weight is 412 g/mol. The fourth-order valence-electron chi connectivity index (χ4n) is 3.07. The summed E-state index contributed by atoms with van der Waals surface area (Å²) in [6.45, 7) is 7.38. The molecule has 0 aliphatic heterocycles. The van der Waals surface area contributed by atoms with Crippen LogP contribution in [-0.2, 0) is 20.9 Å². The normalized spacial score (nSPS) is 12.0. The standard InChI is InChI=1S/C23H28N2O5/c1-5-19(17-9-7-6-8-10-17)25(20(26)21(27)28)15-16-11-13-18(14-12-16)24-22(29)30-23(2,3)4/h6-14,19H,5,15H2,1-4H3,(H,24,29)(H,27,28). The van der Waals surface area contributed by atoms with Crippen LogP contribution in [0, 0.1) is 0 Å². The summed E-state index contributed by atoms with van der Waals surface area (Å²) in [6, 6.07) is 15.8. The van der Waals surface area contributed by atoms with Crippen LogP contribution < -0.4 is 5.32 Å². The van der Waals surface area contributed by atoms with E-state index >= 15 is 0 Å². The molecule has 2 aromatic carbocycles. The highest BCUT2D eigenvalue weighted by Crippen LogP contribution is 2.26. The van der Waals surface area contributed by atoms with Gasteiger partial charge in [0, 0.05) is 12.2 Å². The van der Waals surface area contributed by atoms with Gasteiger partial charge in [-0.3, -0.25) is 10.1 Å². The zero-order valence-corrected chi connectivity index (χ0v) is 17.7. The zero-order valence-electron chi connectivity index (χ0n) is 17.7. The molecule has 7 heteroatoms. The summed E-state index contributed by atoms with van der Waals surface area (Å²) in [4.78, 5) is 37.1. The van der Waals surface area contributed by atoms with Gasteiger partial charge in [0.25, 0.3) is 0 Å². The van der Waals surface area contributed by atoms with Crippen molar-refractivity contribution in [3.8, 4) is 0 Å². The number of hydrogen-bond acceptors (Lipinski definition) is 4. The molecule has 1 atom stereocenters. The monoisotopic (exact) mass is 412 g/mol. The molecule has 1 unspecified atom stereocenters. The second-order valence-corrected chi connectivity index (χ2v) is 7.90. The van der Waals surface area contributed by atoms with Gasteiger partial charge in [-0.25, -0.2) is 9.59 Å². The minimum atomic E-state index is -1.49. The molecule has 0 saturated carbocycles. The number of anilines is 1. The Labute approximate surface area is 176 Å². The molecule has 0 heterocycles. The van der Waals surface area contributed by atoms with Crippen LogP contribution in [0.25, 0.3) is 0 Å². The van der Waals surface area contributed by atoms with Gasteiger partial charge in [0.2, 0.25) is 0 Å². The Balaban J connectivity index is 2.19. The first-order valence-electron chi connectivity index (χ1n) is 9.78. The number of aliphatic carboxylic acids is 1. The lowest BCUT2D eigenvalue weighted by Gasteiger charge is -2.30. The molecule has 0 spiro atoms. The van der Waals surface area contributed by atoms with E-state index in [1.807, 2.05) is 37.3 Å². The zero-order chi connectivity index (χ0) is 22.3. The number of benzene rings is 2. The molecule has 7 nitrogen and oxygen atoms in total. The van der Waals surface area contributed by atoms with E-state index in [0.717, 1.165) is 11.1 Å². The number of carboxylic acids is 1. The van der Waals surface area contributed by atoms with E-state index in [1.165, 1.54) is 4.90 Å². The number of rotatable bonds is 6. The van der Waals surface area contributed by atoms with Crippen LogP contribution in [0.2, 0.25) is 0 Å². The lowest BCUT2D eigenvalue weighted by Crippen LogP contribution is -2.38. The van der Waals surface area contributed by atoms with E-state index in [4.69, 9.17) is 4.74 Å². The number of nitrogens with one attached hydrogen (secondary N) is 1. The fourth-order valence-corrected chi connectivity index (χ4v) is 3.07. The van der Waals surface area contributed by atoms with Crippen LogP contribution >= 0.6 is 0 Å². The van der Waals surface area contributed by atoms with E-state index in [9.17, 15) is 19.5 Å². The molecule has 0 aliphatic carbocycles. The smallest absolute Gasteiger partial charge is 0.412 e. The summed E-state index contributed by atoms with van der Waals surface area (Å²) >= 11 is 0. The number of carboxylic acid groups (broad SMARTS) is 1. The summed E-state index contributed by atoms with van der Waals surface area (Å²) in [5.41, 5.74) is 1.56. The molecular formula is C23H28N2O5. The molecule has 0 aromatic heterocycles. The summed E-state index contributed by atoms with van der Waals surface area (Å²) in [6.07, 6.45) is 0.00877. The van der Waals surface area contributed by atoms with Gasteiger partial charge in [0.15, 0.2) is 0 Å². The third-order valence-electron chi connectivity index (χ3n) is 4.34. The maximum absolute atomic E-state index is 12.4.